The molecular weight excluding hydrogens is 488 g/mol. The SMILES string of the molecule is C=CC(=O)N1CCN(c2nc(OCC3CCCN3C)nc3c2CCC(N2CCCc4ccccc42)C3)C[C@@H]1C. The molecule has 8 nitrogen and oxygen atoms in total. The molecule has 3 atom stereocenters. The Morgan fingerprint density at radius 3 is 2.77 bits per heavy atom. The van der Waals surface area contributed by atoms with Crippen molar-refractivity contribution in [3.63, 3.8) is 0 Å². The number of aromatic nitrogens is 2. The first-order valence-electron chi connectivity index (χ1n) is 14.8. The average Bonchev–Trinajstić information content (AvgIpc) is 3.38. The number of rotatable bonds is 6. The van der Waals surface area contributed by atoms with Gasteiger partial charge in [0.25, 0.3) is 0 Å². The fourth-order valence-corrected chi connectivity index (χ4v) is 7.05. The number of likely N-dealkylation sites (N-methyl/N-ethyl adjacent to an activating group) is 1. The fourth-order valence-electron chi connectivity index (χ4n) is 7.05. The molecule has 2 unspecified atom stereocenters. The number of piperazine rings is 1. The molecule has 0 N–H and O–H groups in total. The summed E-state index contributed by atoms with van der Waals surface area (Å²) in [6.45, 7) is 10.8. The molecule has 2 aromatic rings. The lowest BCUT2D eigenvalue weighted by atomic mass is 9.88. The number of amides is 1. The number of hydrogen-bond acceptors (Lipinski definition) is 7. The van der Waals surface area contributed by atoms with Gasteiger partial charge in [-0.2, -0.15) is 9.97 Å². The van der Waals surface area contributed by atoms with Crippen LogP contribution in [0.25, 0.3) is 0 Å². The molecule has 0 radical (unpaired) electrons. The Bertz CT molecular complexity index is 1220. The van der Waals surface area contributed by atoms with Crippen LogP contribution in [0.5, 0.6) is 6.01 Å². The van der Waals surface area contributed by atoms with Crippen molar-refractivity contribution >= 4 is 17.4 Å². The Balaban J connectivity index is 1.28. The molecule has 4 heterocycles. The molecule has 1 aromatic heterocycles. The van der Waals surface area contributed by atoms with Crippen molar-refractivity contribution in [3.05, 3.63) is 53.7 Å². The summed E-state index contributed by atoms with van der Waals surface area (Å²) in [6.07, 6.45) is 9.10. The van der Waals surface area contributed by atoms with Crippen molar-refractivity contribution in [1.82, 2.24) is 19.8 Å². The minimum absolute atomic E-state index is 0.00114. The van der Waals surface area contributed by atoms with Crippen LogP contribution in [0.4, 0.5) is 11.5 Å². The molecule has 1 amide bonds. The molecular formula is C31H42N6O2. The van der Waals surface area contributed by atoms with E-state index < -0.39 is 0 Å². The molecule has 2 saturated heterocycles. The van der Waals surface area contributed by atoms with E-state index in [-0.39, 0.29) is 11.9 Å². The summed E-state index contributed by atoms with van der Waals surface area (Å²) in [7, 11) is 2.17. The number of anilines is 2. The summed E-state index contributed by atoms with van der Waals surface area (Å²) in [5.74, 6) is 1.01. The first kappa shape index (κ1) is 26.1. The number of carbonyl (C=O) groups is 1. The molecule has 208 valence electrons. The highest BCUT2D eigenvalue weighted by atomic mass is 16.5. The second-order valence-corrected chi connectivity index (χ2v) is 11.7. The molecule has 4 aliphatic rings. The normalized spacial score (nSPS) is 25.3. The Morgan fingerprint density at radius 1 is 1.10 bits per heavy atom. The third-order valence-corrected chi connectivity index (χ3v) is 9.25. The number of ether oxygens (including phenoxy) is 1. The van der Waals surface area contributed by atoms with Gasteiger partial charge in [-0.15, -0.1) is 0 Å². The number of aryl methyl sites for hydroxylation is 1. The van der Waals surface area contributed by atoms with Gasteiger partial charge in [-0.05, 0) is 76.7 Å². The zero-order valence-corrected chi connectivity index (χ0v) is 23.5. The van der Waals surface area contributed by atoms with Gasteiger partial charge in [-0.3, -0.25) is 4.79 Å². The average molecular weight is 531 g/mol. The largest absolute Gasteiger partial charge is 0.462 e. The second kappa shape index (κ2) is 11.2. The standard InChI is InChI=1S/C31H42N6O2/c1-4-29(38)36-18-17-35(20-22(36)2)30-26-14-13-24(37-16-7-10-23-9-5-6-12-28(23)37)19-27(26)32-31(33-30)39-21-25-11-8-15-34(25)3/h4-6,9,12,22,24-25H,1,7-8,10-11,13-21H2,2-3H3/t22-,24?,25?/m0/s1. The molecule has 0 spiro atoms. The highest BCUT2D eigenvalue weighted by molar-refractivity contribution is 5.87. The van der Waals surface area contributed by atoms with E-state index >= 15 is 0 Å². The number of fused-ring (bicyclic) bond motifs is 2. The summed E-state index contributed by atoms with van der Waals surface area (Å²) in [6, 6.07) is 10.3. The molecule has 1 aliphatic carbocycles. The van der Waals surface area contributed by atoms with Crippen molar-refractivity contribution in [2.75, 3.05) is 56.2 Å². The Labute approximate surface area is 232 Å². The minimum Gasteiger partial charge on any atom is -0.462 e. The van der Waals surface area contributed by atoms with Gasteiger partial charge >= 0.3 is 6.01 Å². The van der Waals surface area contributed by atoms with Crippen molar-refractivity contribution in [2.45, 2.75) is 70.0 Å². The van der Waals surface area contributed by atoms with Crippen LogP contribution in [0, 0.1) is 0 Å². The van der Waals surface area contributed by atoms with Gasteiger partial charge in [0, 0.05) is 62.0 Å². The summed E-state index contributed by atoms with van der Waals surface area (Å²) in [5.41, 5.74) is 5.25. The topological polar surface area (TPSA) is 65.0 Å². The number of nitrogens with zero attached hydrogens (tertiary/aromatic N) is 6. The van der Waals surface area contributed by atoms with E-state index in [2.05, 4.69) is 59.5 Å². The van der Waals surface area contributed by atoms with Gasteiger partial charge in [-0.1, -0.05) is 24.8 Å². The molecule has 39 heavy (non-hydrogen) atoms. The quantitative estimate of drug-likeness (QED) is 0.530. The lowest BCUT2D eigenvalue weighted by Gasteiger charge is -2.42. The fraction of sp³-hybridized carbons (Fsp3) is 0.581. The Morgan fingerprint density at radius 2 is 1.97 bits per heavy atom. The summed E-state index contributed by atoms with van der Waals surface area (Å²) in [4.78, 5) is 31.7. The third kappa shape index (κ3) is 5.23. The van der Waals surface area contributed by atoms with Crippen molar-refractivity contribution in [1.29, 1.82) is 0 Å². The molecule has 1 aromatic carbocycles. The van der Waals surface area contributed by atoms with E-state index in [0.717, 1.165) is 69.8 Å². The van der Waals surface area contributed by atoms with Gasteiger partial charge in [-0.25, -0.2) is 0 Å². The predicted molar refractivity (Wildman–Crippen MR) is 155 cm³/mol. The molecule has 3 aliphatic heterocycles. The van der Waals surface area contributed by atoms with Crippen LogP contribution in [0.1, 0.15) is 49.4 Å². The molecule has 0 bridgehead atoms. The zero-order chi connectivity index (χ0) is 26.9. The van der Waals surface area contributed by atoms with Crippen LogP contribution in [0.2, 0.25) is 0 Å². The number of para-hydroxylation sites is 1. The maximum atomic E-state index is 12.4. The van der Waals surface area contributed by atoms with Crippen LogP contribution >= 0.6 is 0 Å². The number of likely N-dealkylation sites (tertiary alicyclic amines) is 1. The smallest absolute Gasteiger partial charge is 0.318 e. The van der Waals surface area contributed by atoms with Gasteiger partial charge in [0.1, 0.15) is 12.4 Å². The van der Waals surface area contributed by atoms with Crippen LogP contribution in [0.3, 0.4) is 0 Å². The van der Waals surface area contributed by atoms with Crippen LogP contribution in [-0.2, 0) is 24.1 Å². The monoisotopic (exact) mass is 530 g/mol. The van der Waals surface area contributed by atoms with E-state index in [4.69, 9.17) is 14.7 Å². The molecule has 0 saturated carbocycles. The number of hydrogen-bond donors (Lipinski definition) is 0. The molecule has 8 heteroatoms. The molecule has 2 fully saturated rings. The maximum Gasteiger partial charge on any atom is 0.318 e. The Hall–Kier alpha value is -3.13. The van der Waals surface area contributed by atoms with Crippen molar-refractivity contribution in [2.24, 2.45) is 0 Å². The summed E-state index contributed by atoms with van der Waals surface area (Å²) < 4.78 is 6.32. The molecule has 6 rings (SSSR count). The van der Waals surface area contributed by atoms with Gasteiger partial charge < -0.3 is 24.3 Å². The van der Waals surface area contributed by atoms with E-state index in [1.54, 1.807) is 0 Å². The third-order valence-electron chi connectivity index (χ3n) is 9.25. The second-order valence-electron chi connectivity index (χ2n) is 11.7. The Kier molecular flexibility index (Phi) is 7.47. The van der Waals surface area contributed by atoms with Crippen molar-refractivity contribution in [3.8, 4) is 6.01 Å². The highest BCUT2D eigenvalue weighted by Crippen LogP contribution is 2.36. The van der Waals surface area contributed by atoms with Gasteiger partial charge in [0.2, 0.25) is 5.91 Å². The zero-order valence-electron chi connectivity index (χ0n) is 23.5. The first-order chi connectivity index (χ1) is 19.0. The summed E-state index contributed by atoms with van der Waals surface area (Å²) in [5, 5.41) is 0. The predicted octanol–water partition coefficient (Wildman–Crippen LogP) is 3.48. The maximum absolute atomic E-state index is 12.4. The number of benzene rings is 1. The van der Waals surface area contributed by atoms with E-state index in [1.807, 2.05) is 4.90 Å². The van der Waals surface area contributed by atoms with Gasteiger partial charge in [0.05, 0.1) is 5.69 Å². The first-order valence-corrected chi connectivity index (χ1v) is 14.8. The van der Waals surface area contributed by atoms with Crippen molar-refractivity contribution < 1.29 is 9.53 Å². The van der Waals surface area contributed by atoms with E-state index in [0.29, 0.717) is 31.2 Å². The summed E-state index contributed by atoms with van der Waals surface area (Å²) >= 11 is 0. The van der Waals surface area contributed by atoms with Crippen LogP contribution in [0.15, 0.2) is 36.9 Å². The lowest BCUT2D eigenvalue weighted by molar-refractivity contribution is -0.128. The van der Waals surface area contributed by atoms with Crippen LogP contribution in [-0.4, -0.2) is 90.2 Å². The van der Waals surface area contributed by atoms with E-state index in [1.165, 1.54) is 35.7 Å². The van der Waals surface area contributed by atoms with Crippen LogP contribution < -0.4 is 14.5 Å². The van der Waals surface area contributed by atoms with Gasteiger partial charge in [0.15, 0.2) is 0 Å². The highest BCUT2D eigenvalue weighted by Gasteiger charge is 2.34. The number of carbonyl (C=O) groups excluding carboxylic acids is 1. The minimum atomic E-state index is 0.00114. The van der Waals surface area contributed by atoms with E-state index in [9.17, 15) is 4.79 Å². The lowest BCUT2D eigenvalue weighted by Crippen LogP contribution is -2.54.